The van der Waals surface area contributed by atoms with Crippen molar-refractivity contribution >= 4 is 0 Å². The van der Waals surface area contributed by atoms with Gasteiger partial charge in [0.2, 0.25) is 0 Å². The molecule has 120 valence electrons. The molecule has 0 aliphatic heterocycles. The third-order valence-corrected chi connectivity index (χ3v) is 5.40. The normalized spacial score (nSPS) is 25.6. The Hall–Kier alpha value is -0.0800. The summed E-state index contributed by atoms with van der Waals surface area (Å²) in [6, 6.07) is 0.553. The van der Waals surface area contributed by atoms with Crippen LogP contribution in [-0.4, -0.2) is 6.04 Å². The SMILES string of the molecule is CCCCCCCC(NN)C1CCC(C(C)(C)C)CC1. The highest BCUT2D eigenvalue weighted by molar-refractivity contribution is 4.85. The summed E-state index contributed by atoms with van der Waals surface area (Å²) in [6.45, 7) is 9.46. The number of nitrogens with one attached hydrogen (secondary N) is 1. The van der Waals surface area contributed by atoms with Gasteiger partial charge in [-0.05, 0) is 49.4 Å². The molecular weight excluding hydrogens is 244 g/mol. The second kappa shape index (κ2) is 9.04. The van der Waals surface area contributed by atoms with E-state index in [1.807, 2.05) is 0 Å². The maximum atomic E-state index is 5.81. The summed E-state index contributed by atoms with van der Waals surface area (Å²) in [5.41, 5.74) is 3.60. The fourth-order valence-corrected chi connectivity index (χ4v) is 3.81. The third-order valence-electron chi connectivity index (χ3n) is 5.40. The van der Waals surface area contributed by atoms with E-state index in [0.29, 0.717) is 11.5 Å². The van der Waals surface area contributed by atoms with Gasteiger partial charge >= 0.3 is 0 Å². The van der Waals surface area contributed by atoms with Crippen LogP contribution in [-0.2, 0) is 0 Å². The summed E-state index contributed by atoms with van der Waals surface area (Å²) >= 11 is 0. The lowest BCUT2D eigenvalue weighted by Crippen LogP contribution is -2.43. The first-order valence-corrected chi connectivity index (χ1v) is 8.95. The number of nitrogens with two attached hydrogens (primary N) is 1. The first-order chi connectivity index (χ1) is 9.49. The molecule has 2 heteroatoms. The lowest BCUT2D eigenvalue weighted by atomic mass is 9.68. The molecule has 1 atom stereocenters. The van der Waals surface area contributed by atoms with Crippen LogP contribution in [0.4, 0.5) is 0 Å². The molecule has 1 aliphatic carbocycles. The van der Waals surface area contributed by atoms with E-state index in [4.69, 9.17) is 5.84 Å². The summed E-state index contributed by atoms with van der Waals surface area (Å²) in [6.07, 6.45) is 13.6. The highest BCUT2D eigenvalue weighted by Crippen LogP contribution is 2.41. The summed E-state index contributed by atoms with van der Waals surface area (Å²) in [5, 5.41) is 0. The zero-order chi connectivity index (χ0) is 15.0. The van der Waals surface area contributed by atoms with Crippen LogP contribution in [0.2, 0.25) is 0 Å². The van der Waals surface area contributed by atoms with Gasteiger partial charge in [-0.3, -0.25) is 11.3 Å². The molecule has 2 nitrogen and oxygen atoms in total. The molecule has 20 heavy (non-hydrogen) atoms. The largest absolute Gasteiger partial charge is 0.271 e. The van der Waals surface area contributed by atoms with Gasteiger partial charge in [0.15, 0.2) is 0 Å². The molecule has 1 aliphatic rings. The Balaban J connectivity index is 2.26. The highest BCUT2D eigenvalue weighted by Gasteiger charge is 2.32. The minimum atomic E-state index is 0.483. The molecule has 1 rings (SSSR count). The second-order valence-electron chi connectivity index (χ2n) is 7.95. The Morgan fingerprint density at radius 2 is 1.60 bits per heavy atom. The van der Waals surface area contributed by atoms with Gasteiger partial charge in [-0.2, -0.15) is 0 Å². The first-order valence-electron chi connectivity index (χ1n) is 8.95. The monoisotopic (exact) mass is 282 g/mol. The van der Waals surface area contributed by atoms with Crippen molar-refractivity contribution in [3.05, 3.63) is 0 Å². The summed E-state index contributed by atoms with van der Waals surface area (Å²) < 4.78 is 0. The maximum Gasteiger partial charge on any atom is 0.0238 e. The standard InChI is InChI=1S/C18H38N2/c1-5-6-7-8-9-10-17(20-19)15-11-13-16(14-12-15)18(2,3)4/h15-17,20H,5-14,19H2,1-4H3. The molecule has 0 spiro atoms. The Morgan fingerprint density at radius 1 is 1.00 bits per heavy atom. The molecule has 1 unspecified atom stereocenters. The number of rotatable bonds is 8. The zero-order valence-electron chi connectivity index (χ0n) is 14.4. The van der Waals surface area contributed by atoms with Gasteiger partial charge in [-0.15, -0.1) is 0 Å². The smallest absolute Gasteiger partial charge is 0.0238 e. The number of unbranched alkanes of at least 4 members (excludes halogenated alkanes) is 4. The average Bonchev–Trinajstić information content (AvgIpc) is 2.42. The predicted octanol–water partition coefficient (Wildman–Crippen LogP) is 5.03. The molecule has 0 aromatic heterocycles. The number of hydrazine groups is 1. The van der Waals surface area contributed by atoms with E-state index in [0.717, 1.165) is 11.8 Å². The summed E-state index contributed by atoms with van der Waals surface area (Å²) in [5.74, 6) is 7.53. The topological polar surface area (TPSA) is 38.0 Å². The van der Waals surface area contributed by atoms with Gasteiger partial charge in [0, 0.05) is 6.04 Å². The molecule has 0 bridgehead atoms. The highest BCUT2D eigenvalue weighted by atomic mass is 15.2. The van der Waals surface area contributed by atoms with Crippen molar-refractivity contribution in [2.75, 3.05) is 0 Å². The van der Waals surface area contributed by atoms with Crippen molar-refractivity contribution in [1.29, 1.82) is 0 Å². The maximum absolute atomic E-state index is 5.81. The van der Waals surface area contributed by atoms with E-state index in [9.17, 15) is 0 Å². The van der Waals surface area contributed by atoms with Crippen molar-refractivity contribution < 1.29 is 0 Å². The second-order valence-corrected chi connectivity index (χ2v) is 7.95. The van der Waals surface area contributed by atoms with Crippen LogP contribution in [0.25, 0.3) is 0 Å². The number of hydrogen-bond acceptors (Lipinski definition) is 2. The van der Waals surface area contributed by atoms with Gasteiger partial charge in [0.25, 0.3) is 0 Å². The van der Waals surface area contributed by atoms with E-state index < -0.39 is 0 Å². The zero-order valence-corrected chi connectivity index (χ0v) is 14.4. The molecule has 0 aromatic rings. The molecule has 0 radical (unpaired) electrons. The van der Waals surface area contributed by atoms with E-state index >= 15 is 0 Å². The van der Waals surface area contributed by atoms with Gasteiger partial charge in [-0.1, -0.05) is 59.8 Å². The van der Waals surface area contributed by atoms with Gasteiger partial charge in [-0.25, -0.2) is 0 Å². The minimum absolute atomic E-state index is 0.483. The lowest BCUT2D eigenvalue weighted by Gasteiger charge is -2.39. The molecular formula is C18H38N2. The van der Waals surface area contributed by atoms with E-state index in [1.165, 1.54) is 64.2 Å². The van der Waals surface area contributed by atoms with Crippen LogP contribution in [0.3, 0.4) is 0 Å². The van der Waals surface area contributed by atoms with Crippen molar-refractivity contribution in [1.82, 2.24) is 5.43 Å². The fraction of sp³-hybridized carbons (Fsp3) is 1.00. The van der Waals surface area contributed by atoms with Gasteiger partial charge in [0.05, 0.1) is 0 Å². The first kappa shape index (κ1) is 18.0. The molecule has 0 amide bonds. The van der Waals surface area contributed by atoms with Crippen LogP contribution >= 0.6 is 0 Å². The van der Waals surface area contributed by atoms with Crippen molar-refractivity contribution in [3.63, 3.8) is 0 Å². The van der Waals surface area contributed by atoms with E-state index in [2.05, 4.69) is 33.1 Å². The predicted molar refractivity (Wildman–Crippen MR) is 89.4 cm³/mol. The van der Waals surface area contributed by atoms with Crippen molar-refractivity contribution in [2.24, 2.45) is 23.1 Å². The van der Waals surface area contributed by atoms with Crippen LogP contribution in [0.5, 0.6) is 0 Å². The molecule has 3 N–H and O–H groups in total. The Bertz CT molecular complexity index is 236. The van der Waals surface area contributed by atoms with Crippen LogP contribution in [0.1, 0.15) is 91.9 Å². The Kier molecular flexibility index (Phi) is 8.13. The number of hydrogen-bond donors (Lipinski definition) is 2. The van der Waals surface area contributed by atoms with E-state index in [1.54, 1.807) is 0 Å². The lowest BCUT2D eigenvalue weighted by molar-refractivity contribution is 0.129. The van der Waals surface area contributed by atoms with Gasteiger partial charge in [0.1, 0.15) is 0 Å². The molecule has 1 saturated carbocycles. The molecule has 1 fully saturated rings. The Morgan fingerprint density at radius 3 is 2.10 bits per heavy atom. The van der Waals surface area contributed by atoms with Gasteiger partial charge < -0.3 is 0 Å². The van der Waals surface area contributed by atoms with Crippen LogP contribution in [0, 0.1) is 17.3 Å². The fourth-order valence-electron chi connectivity index (χ4n) is 3.81. The molecule has 0 heterocycles. The van der Waals surface area contributed by atoms with E-state index in [-0.39, 0.29) is 0 Å². The van der Waals surface area contributed by atoms with Crippen LogP contribution < -0.4 is 11.3 Å². The van der Waals surface area contributed by atoms with Crippen LogP contribution in [0.15, 0.2) is 0 Å². The summed E-state index contributed by atoms with van der Waals surface area (Å²) in [4.78, 5) is 0. The third kappa shape index (κ3) is 6.13. The molecule has 0 aromatic carbocycles. The quantitative estimate of drug-likeness (QED) is 0.372. The Labute approximate surface area is 127 Å². The van der Waals surface area contributed by atoms with Crippen molar-refractivity contribution in [3.8, 4) is 0 Å². The average molecular weight is 283 g/mol. The minimum Gasteiger partial charge on any atom is -0.271 e. The summed E-state index contributed by atoms with van der Waals surface area (Å²) in [7, 11) is 0. The van der Waals surface area contributed by atoms with Crippen molar-refractivity contribution in [2.45, 2.75) is 97.9 Å². The molecule has 0 saturated heterocycles.